The Labute approximate surface area is 185 Å². The molecular formula is C21H23N5O5S. The molecule has 32 heavy (non-hydrogen) atoms. The van der Waals surface area contributed by atoms with Crippen molar-refractivity contribution in [2.75, 3.05) is 19.7 Å². The Morgan fingerprint density at radius 3 is 2.84 bits per heavy atom. The smallest absolute Gasteiger partial charge is 0.267 e. The Morgan fingerprint density at radius 2 is 2.06 bits per heavy atom. The van der Waals surface area contributed by atoms with Crippen molar-refractivity contribution in [3.05, 3.63) is 58.9 Å². The number of pyridine rings is 1. The SMILES string of the molecule is NC(=O)c1cc(C(=O)N2CCC[C@H](COc3cccc4c3C(N)=NS(=O)(=O)C4)C2)ccn1. The minimum absolute atomic E-state index is 0.0443. The number of carbonyl (C=O) groups excluding carboxylic acids is 2. The number of likely N-dealkylation sites (tertiary alicyclic amines) is 1. The van der Waals surface area contributed by atoms with Crippen molar-refractivity contribution in [3.63, 3.8) is 0 Å². The molecular weight excluding hydrogens is 434 g/mol. The lowest BCUT2D eigenvalue weighted by Gasteiger charge is -2.33. The molecule has 168 valence electrons. The normalized spacial score (nSPS) is 19.6. The number of ether oxygens (including phenoxy) is 1. The highest BCUT2D eigenvalue weighted by molar-refractivity contribution is 7.89. The van der Waals surface area contributed by atoms with E-state index in [9.17, 15) is 18.0 Å². The fraction of sp³-hybridized carbons (Fsp3) is 0.333. The number of hydrogen-bond donors (Lipinski definition) is 2. The quantitative estimate of drug-likeness (QED) is 0.667. The van der Waals surface area contributed by atoms with Crippen molar-refractivity contribution in [1.82, 2.24) is 9.88 Å². The number of benzene rings is 1. The second kappa shape index (κ2) is 8.58. The van der Waals surface area contributed by atoms with Gasteiger partial charge in [0, 0.05) is 30.8 Å². The molecule has 2 aliphatic heterocycles. The van der Waals surface area contributed by atoms with Crippen molar-refractivity contribution < 1.29 is 22.7 Å². The standard InChI is InChI=1S/C21H23N5O5S/c22-19-18-15(12-32(29,30)25-19)4-1-5-17(18)31-11-13-3-2-8-26(10-13)21(28)14-6-7-24-16(9-14)20(23)27/h1,4-7,9,13H,2-3,8,10-12H2,(H2,22,25)(H2,23,27)/t13-/m0/s1. The van der Waals surface area contributed by atoms with E-state index in [4.69, 9.17) is 16.2 Å². The molecule has 0 unspecified atom stereocenters. The molecule has 0 aliphatic carbocycles. The Balaban J connectivity index is 1.44. The van der Waals surface area contributed by atoms with E-state index in [1.54, 1.807) is 29.2 Å². The van der Waals surface area contributed by atoms with E-state index in [0.29, 0.717) is 42.1 Å². The average molecular weight is 458 g/mol. The van der Waals surface area contributed by atoms with Gasteiger partial charge in [-0.1, -0.05) is 12.1 Å². The first-order valence-corrected chi connectivity index (χ1v) is 11.7. The molecule has 3 heterocycles. The van der Waals surface area contributed by atoms with Crippen LogP contribution in [0.1, 0.15) is 44.8 Å². The number of carbonyl (C=O) groups is 2. The lowest BCUT2D eigenvalue weighted by Crippen LogP contribution is -2.41. The van der Waals surface area contributed by atoms with Gasteiger partial charge in [-0.15, -0.1) is 4.40 Å². The molecule has 0 spiro atoms. The van der Waals surface area contributed by atoms with E-state index in [2.05, 4.69) is 9.38 Å². The number of amidine groups is 1. The van der Waals surface area contributed by atoms with Gasteiger partial charge >= 0.3 is 0 Å². The minimum Gasteiger partial charge on any atom is -0.492 e. The topological polar surface area (TPSA) is 158 Å². The summed E-state index contributed by atoms with van der Waals surface area (Å²) in [5.41, 5.74) is 12.6. The van der Waals surface area contributed by atoms with Gasteiger partial charge in [0.15, 0.2) is 0 Å². The van der Waals surface area contributed by atoms with Crippen molar-refractivity contribution in [2.45, 2.75) is 18.6 Å². The summed E-state index contributed by atoms with van der Waals surface area (Å²) in [5, 5.41) is 0. The summed E-state index contributed by atoms with van der Waals surface area (Å²) in [6.45, 7) is 1.42. The number of nitrogens with two attached hydrogens (primary N) is 2. The molecule has 10 nitrogen and oxygen atoms in total. The van der Waals surface area contributed by atoms with Gasteiger partial charge in [0.2, 0.25) is 0 Å². The van der Waals surface area contributed by atoms with Gasteiger partial charge in [-0.3, -0.25) is 14.6 Å². The van der Waals surface area contributed by atoms with Gasteiger partial charge in [-0.05, 0) is 36.6 Å². The van der Waals surface area contributed by atoms with E-state index in [-0.39, 0.29) is 29.1 Å². The molecule has 0 saturated carbocycles. The summed E-state index contributed by atoms with van der Waals surface area (Å²) < 4.78 is 33.3. The number of piperidine rings is 1. The maximum absolute atomic E-state index is 12.9. The highest BCUT2D eigenvalue weighted by Crippen LogP contribution is 2.29. The monoisotopic (exact) mass is 457 g/mol. The van der Waals surface area contributed by atoms with E-state index < -0.39 is 15.9 Å². The first-order valence-electron chi connectivity index (χ1n) is 10.1. The number of hydrogen-bond acceptors (Lipinski definition) is 7. The Bertz CT molecular complexity index is 1210. The average Bonchev–Trinajstić information content (AvgIpc) is 2.76. The number of rotatable bonds is 5. The fourth-order valence-corrected chi connectivity index (χ4v) is 5.10. The van der Waals surface area contributed by atoms with Gasteiger partial charge in [0.05, 0.1) is 17.9 Å². The number of amides is 2. The molecule has 1 fully saturated rings. The molecule has 2 aliphatic rings. The fourth-order valence-electron chi connectivity index (χ4n) is 4.01. The Kier molecular flexibility index (Phi) is 5.83. The van der Waals surface area contributed by atoms with Gasteiger partial charge in [-0.25, -0.2) is 8.42 Å². The van der Waals surface area contributed by atoms with Crippen LogP contribution in [-0.4, -0.2) is 55.6 Å². The van der Waals surface area contributed by atoms with Crippen LogP contribution >= 0.6 is 0 Å². The zero-order valence-electron chi connectivity index (χ0n) is 17.2. The van der Waals surface area contributed by atoms with Crippen molar-refractivity contribution in [2.24, 2.45) is 21.8 Å². The highest BCUT2D eigenvalue weighted by atomic mass is 32.2. The van der Waals surface area contributed by atoms with Crippen molar-refractivity contribution >= 4 is 27.7 Å². The Morgan fingerprint density at radius 1 is 1.25 bits per heavy atom. The summed E-state index contributed by atoms with van der Waals surface area (Å²) in [6, 6.07) is 8.10. The maximum Gasteiger partial charge on any atom is 0.267 e. The van der Waals surface area contributed by atoms with Crippen LogP contribution in [0.5, 0.6) is 5.75 Å². The molecule has 2 aromatic rings. The van der Waals surface area contributed by atoms with Crippen LogP contribution in [-0.2, 0) is 15.8 Å². The van der Waals surface area contributed by atoms with E-state index in [0.717, 1.165) is 12.8 Å². The van der Waals surface area contributed by atoms with Crippen LogP contribution in [0.3, 0.4) is 0 Å². The van der Waals surface area contributed by atoms with Gasteiger partial charge < -0.3 is 21.1 Å². The minimum atomic E-state index is -3.62. The zero-order valence-corrected chi connectivity index (χ0v) is 18.0. The molecule has 1 aromatic heterocycles. The van der Waals surface area contributed by atoms with Crippen LogP contribution in [0.15, 0.2) is 40.9 Å². The lowest BCUT2D eigenvalue weighted by atomic mass is 9.98. The predicted molar refractivity (Wildman–Crippen MR) is 117 cm³/mol. The molecule has 1 saturated heterocycles. The highest BCUT2D eigenvalue weighted by Gasteiger charge is 2.28. The number of sulfonamides is 1. The van der Waals surface area contributed by atoms with Gasteiger partial charge in [0.1, 0.15) is 17.3 Å². The molecule has 0 bridgehead atoms. The van der Waals surface area contributed by atoms with Crippen LogP contribution in [0.2, 0.25) is 0 Å². The van der Waals surface area contributed by atoms with E-state index in [1.807, 2.05) is 0 Å². The summed E-state index contributed by atoms with van der Waals surface area (Å²) in [5.74, 6) is -0.630. The molecule has 1 aromatic carbocycles. The summed E-state index contributed by atoms with van der Waals surface area (Å²) in [4.78, 5) is 29.9. The summed E-state index contributed by atoms with van der Waals surface area (Å²) >= 11 is 0. The van der Waals surface area contributed by atoms with Gasteiger partial charge in [0.25, 0.3) is 21.8 Å². The molecule has 0 radical (unpaired) electrons. The number of aromatic nitrogens is 1. The zero-order chi connectivity index (χ0) is 22.9. The largest absolute Gasteiger partial charge is 0.492 e. The van der Waals surface area contributed by atoms with Crippen LogP contribution in [0.4, 0.5) is 0 Å². The van der Waals surface area contributed by atoms with Crippen LogP contribution in [0.25, 0.3) is 0 Å². The second-order valence-corrected chi connectivity index (χ2v) is 9.49. The maximum atomic E-state index is 12.9. The van der Waals surface area contributed by atoms with Crippen LogP contribution < -0.4 is 16.2 Å². The first-order chi connectivity index (χ1) is 15.2. The molecule has 4 rings (SSSR count). The predicted octanol–water partition coefficient (Wildman–Crippen LogP) is 0.660. The van der Waals surface area contributed by atoms with Crippen molar-refractivity contribution in [3.8, 4) is 5.75 Å². The molecule has 2 amide bonds. The number of nitrogens with zero attached hydrogens (tertiary/aromatic N) is 3. The molecule has 4 N–H and O–H groups in total. The molecule has 11 heteroatoms. The van der Waals surface area contributed by atoms with Crippen LogP contribution in [0, 0.1) is 5.92 Å². The summed E-state index contributed by atoms with van der Waals surface area (Å²) in [6.07, 6.45) is 3.07. The lowest BCUT2D eigenvalue weighted by molar-refractivity contribution is 0.0633. The Hall–Kier alpha value is -3.47. The van der Waals surface area contributed by atoms with E-state index in [1.165, 1.54) is 12.3 Å². The third-order valence-electron chi connectivity index (χ3n) is 5.48. The number of primary amides is 1. The summed E-state index contributed by atoms with van der Waals surface area (Å²) in [7, 11) is -3.62. The third kappa shape index (κ3) is 4.57. The van der Waals surface area contributed by atoms with Gasteiger partial charge in [-0.2, -0.15) is 0 Å². The molecule has 1 atom stereocenters. The van der Waals surface area contributed by atoms with Crippen molar-refractivity contribution in [1.29, 1.82) is 0 Å². The van der Waals surface area contributed by atoms with E-state index >= 15 is 0 Å². The third-order valence-corrected chi connectivity index (χ3v) is 6.63. The number of fused-ring (bicyclic) bond motifs is 1. The first kappa shape index (κ1) is 21.8. The second-order valence-electron chi connectivity index (χ2n) is 7.86.